The van der Waals surface area contributed by atoms with Crippen LogP contribution in [0.1, 0.15) is 28.9 Å². The van der Waals surface area contributed by atoms with Crippen LogP contribution in [-0.2, 0) is 9.53 Å². The van der Waals surface area contributed by atoms with Gasteiger partial charge in [0.2, 0.25) is 5.91 Å². The van der Waals surface area contributed by atoms with Crippen LogP contribution in [0.3, 0.4) is 0 Å². The molecule has 1 aliphatic carbocycles. The first-order valence-corrected chi connectivity index (χ1v) is 6.19. The first kappa shape index (κ1) is 13.3. The number of esters is 1. The molecule has 2 N–H and O–H groups in total. The van der Waals surface area contributed by atoms with E-state index < -0.39 is 5.97 Å². The summed E-state index contributed by atoms with van der Waals surface area (Å²) in [5.74, 6) is 0.109. The summed E-state index contributed by atoms with van der Waals surface area (Å²) in [6.07, 6.45) is 2.13. The number of aryl methyl sites for hydroxylation is 1. The van der Waals surface area contributed by atoms with Gasteiger partial charge < -0.3 is 15.4 Å². The van der Waals surface area contributed by atoms with Crippen molar-refractivity contribution in [1.82, 2.24) is 10.3 Å². The highest BCUT2D eigenvalue weighted by Crippen LogP contribution is 2.18. The van der Waals surface area contributed by atoms with Crippen LogP contribution in [0.15, 0.2) is 12.1 Å². The minimum Gasteiger partial charge on any atom is -0.465 e. The van der Waals surface area contributed by atoms with Crippen molar-refractivity contribution in [3.8, 4) is 0 Å². The highest BCUT2D eigenvalue weighted by molar-refractivity contribution is 5.90. The van der Waals surface area contributed by atoms with Gasteiger partial charge in [0, 0.05) is 6.04 Å². The predicted octanol–water partition coefficient (Wildman–Crippen LogP) is 0.867. The Kier molecular flexibility index (Phi) is 3.99. The Morgan fingerprint density at radius 3 is 2.74 bits per heavy atom. The Labute approximate surface area is 111 Å². The molecule has 102 valence electrons. The van der Waals surface area contributed by atoms with E-state index >= 15 is 0 Å². The van der Waals surface area contributed by atoms with Crippen molar-refractivity contribution in [3.63, 3.8) is 0 Å². The van der Waals surface area contributed by atoms with Gasteiger partial charge in [-0.25, -0.2) is 9.78 Å². The number of aromatic nitrogens is 1. The van der Waals surface area contributed by atoms with E-state index in [1.807, 2.05) is 0 Å². The van der Waals surface area contributed by atoms with E-state index in [1.54, 1.807) is 19.1 Å². The van der Waals surface area contributed by atoms with Crippen LogP contribution in [0.5, 0.6) is 0 Å². The molecule has 1 amide bonds. The quantitative estimate of drug-likeness (QED) is 0.770. The minimum absolute atomic E-state index is 0.0426. The van der Waals surface area contributed by atoms with E-state index in [0.29, 0.717) is 23.1 Å². The maximum Gasteiger partial charge on any atom is 0.339 e. The lowest BCUT2D eigenvalue weighted by Crippen LogP contribution is -2.31. The SMILES string of the molecule is COC(=O)c1ccc(NCC(=O)NC2CC2)nc1C. The number of ether oxygens (including phenoxy) is 1. The molecule has 0 radical (unpaired) electrons. The lowest BCUT2D eigenvalue weighted by molar-refractivity contribution is -0.119. The Morgan fingerprint density at radius 2 is 2.16 bits per heavy atom. The standard InChI is InChI=1S/C13H17N3O3/c1-8-10(13(18)19-2)5-6-11(15-8)14-7-12(17)16-9-3-4-9/h5-6,9H,3-4,7H2,1-2H3,(H,14,15)(H,16,17). The third-order valence-corrected chi connectivity index (χ3v) is 2.86. The van der Waals surface area contributed by atoms with Crippen LogP contribution in [0.4, 0.5) is 5.82 Å². The maximum atomic E-state index is 11.5. The van der Waals surface area contributed by atoms with E-state index in [9.17, 15) is 9.59 Å². The van der Waals surface area contributed by atoms with Crippen molar-refractivity contribution < 1.29 is 14.3 Å². The molecule has 0 bridgehead atoms. The first-order chi connectivity index (χ1) is 9.10. The van der Waals surface area contributed by atoms with Crippen LogP contribution in [0, 0.1) is 6.92 Å². The van der Waals surface area contributed by atoms with Crippen molar-refractivity contribution in [1.29, 1.82) is 0 Å². The molecule has 2 rings (SSSR count). The van der Waals surface area contributed by atoms with E-state index in [1.165, 1.54) is 7.11 Å². The third kappa shape index (κ3) is 3.67. The summed E-state index contributed by atoms with van der Waals surface area (Å²) in [7, 11) is 1.33. The number of hydrogen-bond donors (Lipinski definition) is 2. The normalized spacial score (nSPS) is 13.8. The third-order valence-electron chi connectivity index (χ3n) is 2.86. The average molecular weight is 263 g/mol. The van der Waals surface area contributed by atoms with E-state index in [2.05, 4.69) is 20.4 Å². The lowest BCUT2D eigenvalue weighted by Gasteiger charge is -2.08. The Balaban J connectivity index is 1.91. The van der Waals surface area contributed by atoms with Crippen molar-refractivity contribution in [2.24, 2.45) is 0 Å². The summed E-state index contributed by atoms with van der Waals surface area (Å²) in [4.78, 5) is 27.1. The van der Waals surface area contributed by atoms with Gasteiger partial charge in [0.1, 0.15) is 5.82 Å². The molecular weight excluding hydrogens is 246 g/mol. The molecule has 0 spiro atoms. The van der Waals surface area contributed by atoms with Crippen molar-refractivity contribution in [2.45, 2.75) is 25.8 Å². The highest BCUT2D eigenvalue weighted by Gasteiger charge is 2.22. The van der Waals surface area contributed by atoms with Crippen molar-refractivity contribution >= 4 is 17.7 Å². The van der Waals surface area contributed by atoms with Gasteiger partial charge in [-0.2, -0.15) is 0 Å². The van der Waals surface area contributed by atoms with Crippen molar-refractivity contribution in [2.75, 3.05) is 19.0 Å². The number of rotatable bonds is 5. The van der Waals surface area contributed by atoms with Crippen LogP contribution in [-0.4, -0.2) is 36.6 Å². The molecule has 1 fully saturated rings. The van der Waals surface area contributed by atoms with Gasteiger partial charge in [-0.15, -0.1) is 0 Å². The molecule has 1 heterocycles. The molecular formula is C13H17N3O3. The van der Waals surface area contributed by atoms with Gasteiger partial charge in [-0.1, -0.05) is 0 Å². The zero-order chi connectivity index (χ0) is 13.8. The first-order valence-electron chi connectivity index (χ1n) is 6.19. The fourth-order valence-electron chi connectivity index (χ4n) is 1.66. The number of nitrogens with zero attached hydrogens (tertiary/aromatic N) is 1. The zero-order valence-electron chi connectivity index (χ0n) is 11.0. The second-order valence-electron chi connectivity index (χ2n) is 4.52. The number of amides is 1. The Morgan fingerprint density at radius 1 is 1.42 bits per heavy atom. The van der Waals surface area contributed by atoms with Crippen molar-refractivity contribution in [3.05, 3.63) is 23.4 Å². The molecule has 0 aromatic carbocycles. The van der Waals surface area contributed by atoms with Gasteiger partial charge in [-0.05, 0) is 31.9 Å². The van der Waals surface area contributed by atoms with Crippen LogP contribution in [0.25, 0.3) is 0 Å². The maximum absolute atomic E-state index is 11.5. The van der Waals surface area contributed by atoms with Gasteiger partial charge in [0.25, 0.3) is 0 Å². The Bertz CT molecular complexity index is 498. The van der Waals surface area contributed by atoms with E-state index in [0.717, 1.165) is 12.8 Å². The number of carbonyl (C=O) groups excluding carboxylic acids is 2. The number of anilines is 1. The second kappa shape index (κ2) is 5.69. The van der Waals surface area contributed by atoms with Crippen LogP contribution < -0.4 is 10.6 Å². The number of pyridine rings is 1. The molecule has 0 saturated heterocycles. The summed E-state index contributed by atoms with van der Waals surface area (Å²) in [5, 5.41) is 5.80. The number of nitrogens with one attached hydrogen (secondary N) is 2. The molecule has 0 unspecified atom stereocenters. The molecule has 1 saturated carbocycles. The number of methoxy groups -OCH3 is 1. The van der Waals surface area contributed by atoms with Gasteiger partial charge in [0.05, 0.1) is 24.9 Å². The van der Waals surface area contributed by atoms with Crippen LogP contribution >= 0.6 is 0 Å². The molecule has 6 heteroatoms. The van der Waals surface area contributed by atoms with Gasteiger partial charge in [-0.3, -0.25) is 4.79 Å². The largest absolute Gasteiger partial charge is 0.465 e. The monoisotopic (exact) mass is 263 g/mol. The van der Waals surface area contributed by atoms with E-state index in [-0.39, 0.29) is 12.5 Å². The predicted molar refractivity (Wildman–Crippen MR) is 70.0 cm³/mol. The number of carbonyl (C=O) groups is 2. The fourth-order valence-corrected chi connectivity index (χ4v) is 1.66. The molecule has 1 aromatic heterocycles. The average Bonchev–Trinajstić information content (AvgIpc) is 3.19. The summed E-state index contributed by atoms with van der Waals surface area (Å²) in [6.45, 7) is 1.90. The fraction of sp³-hybridized carbons (Fsp3) is 0.462. The lowest BCUT2D eigenvalue weighted by atomic mass is 10.2. The van der Waals surface area contributed by atoms with Gasteiger partial charge in [0.15, 0.2) is 0 Å². The zero-order valence-corrected chi connectivity index (χ0v) is 11.0. The Hall–Kier alpha value is -2.11. The molecule has 19 heavy (non-hydrogen) atoms. The number of hydrogen-bond acceptors (Lipinski definition) is 5. The second-order valence-corrected chi connectivity index (χ2v) is 4.52. The highest BCUT2D eigenvalue weighted by atomic mass is 16.5. The summed E-state index contributed by atoms with van der Waals surface area (Å²) in [6, 6.07) is 3.64. The summed E-state index contributed by atoms with van der Waals surface area (Å²) >= 11 is 0. The molecule has 0 aliphatic heterocycles. The van der Waals surface area contributed by atoms with Gasteiger partial charge >= 0.3 is 5.97 Å². The smallest absolute Gasteiger partial charge is 0.339 e. The molecule has 1 aromatic rings. The topological polar surface area (TPSA) is 80.3 Å². The molecule has 6 nitrogen and oxygen atoms in total. The minimum atomic E-state index is -0.414. The molecule has 1 aliphatic rings. The summed E-state index contributed by atoms with van der Waals surface area (Å²) < 4.78 is 4.64. The summed E-state index contributed by atoms with van der Waals surface area (Å²) in [5.41, 5.74) is 0.995. The molecule has 0 atom stereocenters. The van der Waals surface area contributed by atoms with E-state index in [4.69, 9.17) is 0 Å². The van der Waals surface area contributed by atoms with Crippen LogP contribution in [0.2, 0.25) is 0 Å².